The van der Waals surface area contributed by atoms with Crippen molar-refractivity contribution in [1.82, 2.24) is 4.72 Å². The van der Waals surface area contributed by atoms with E-state index in [1.807, 2.05) is 0 Å². The lowest BCUT2D eigenvalue weighted by Gasteiger charge is -2.43. The van der Waals surface area contributed by atoms with Crippen LogP contribution in [-0.2, 0) is 29.2 Å². The van der Waals surface area contributed by atoms with E-state index in [9.17, 15) is 13.0 Å². The van der Waals surface area contributed by atoms with Crippen LogP contribution < -0.4 is 13.6 Å². The van der Waals surface area contributed by atoms with E-state index in [4.69, 9.17) is 18.0 Å². The molecule has 164 valence electrons. The SMILES string of the molecule is COc1ccc([C@@]2(P(=O)(OC(C)C)OC(C)C)NS(=O)(=O)Oc3ccccc32)cc1. The predicted octanol–water partition coefficient (Wildman–Crippen LogP) is 4.17. The number of nitrogens with one attached hydrogen (secondary N) is 1. The van der Waals surface area contributed by atoms with Crippen LogP contribution in [0.3, 0.4) is 0 Å². The van der Waals surface area contributed by atoms with E-state index in [1.165, 1.54) is 13.2 Å². The van der Waals surface area contributed by atoms with Crippen LogP contribution in [0.1, 0.15) is 38.8 Å². The third-order valence-electron chi connectivity index (χ3n) is 4.37. The predicted molar refractivity (Wildman–Crippen MR) is 113 cm³/mol. The highest BCUT2D eigenvalue weighted by molar-refractivity contribution is 7.85. The van der Waals surface area contributed by atoms with Crippen LogP contribution in [0.5, 0.6) is 11.5 Å². The molecule has 0 bridgehead atoms. The van der Waals surface area contributed by atoms with E-state index in [0.717, 1.165) is 0 Å². The fourth-order valence-corrected chi connectivity index (χ4v) is 7.58. The molecule has 2 aromatic carbocycles. The molecule has 0 fully saturated rings. The number of hydrogen-bond acceptors (Lipinski definition) is 7. The van der Waals surface area contributed by atoms with Crippen LogP contribution >= 0.6 is 7.60 Å². The van der Waals surface area contributed by atoms with Gasteiger partial charge in [0.1, 0.15) is 11.5 Å². The molecule has 1 aliphatic rings. The molecule has 3 rings (SSSR count). The van der Waals surface area contributed by atoms with Crippen LogP contribution in [-0.4, -0.2) is 27.7 Å². The van der Waals surface area contributed by atoms with Crippen molar-refractivity contribution < 1.29 is 31.0 Å². The molecule has 1 aliphatic heterocycles. The summed E-state index contributed by atoms with van der Waals surface area (Å²) >= 11 is 0. The summed E-state index contributed by atoms with van der Waals surface area (Å²) in [6.45, 7) is 6.82. The third-order valence-corrected chi connectivity index (χ3v) is 8.30. The standard InChI is InChI=1S/C20H26NO7PS/c1-14(2)26-29(22,27-15(3)4)20(16-10-12-17(25-5)13-11-16)18-8-6-7-9-19(18)28-30(23,24)21-20/h6-15,21H,1-5H3/t20-/m0/s1. The first-order valence-electron chi connectivity index (χ1n) is 9.47. The van der Waals surface area contributed by atoms with E-state index in [-0.39, 0.29) is 5.75 Å². The van der Waals surface area contributed by atoms with Gasteiger partial charge in [0.05, 0.1) is 19.3 Å². The first-order chi connectivity index (χ1) is 14.0. The molecule has 0 aliphatic carbocycles. The van der Waals surface area contributed by atoms with Gasteiger partial charge in [0, 0.05) is 5.56 Å². The Labute approximate surface area is 177 Å². The van der Waals surface area contributed by atoms with Gasteiger partial charge in [-0.15, -0.1) is 0 Å². The molecule has 0 radical (unpaired) electrons. The van der Waals surface area contributed by atoms with Crippen molar-refractivity contribution in [3.05, 3.63) is 59.7 Å². The van der Waals surface area contributed by atoms with Gasteiger partial charge < -0.3 is 18.0 Å². The Kier molecular flexibility index (Phi) is 6.32. The maximum atomic E-state index is 14.5. The lowest BCUT2D eigenvalue weighted by molar-refractivity contribution is 0.126. The molecule has 0 aromatic heterocycles. The number of hydrogen-bond donors (Lipinski definition) is 1. The topological polar surface area (TPSA) is 100 Å². The number of ether oxygens (including phenoxy) is 1. The van der Waals surface area contributed by atoms with Crippen molar-refractivity contribution in [2.24, 2.45) is 0 Å². The zero-order valence-corrected chi connectivity index (χ0v) is 19.2. The van der Waals surface area contributed by atoms with E-state index < -0.39 is 35.4 Å². The normalized spacial score (nSPS) is 20.6. The minimum Gasteiger partial charge on any atom is -0.497 e. The molecular weight excluding hydrogens is 429 g/mol. The van der Waals surface area contributed by atoms with Crippen molar-refractivity contribution in [3.63, 3.8) is 0 Å². The minimum absolute atomic E-state index is 0.0482. The average Bonchev–Trinajstić information content (AvgIpc) is 2.65. The highest BCUT2D eigenvalue weighted by Gasteiger charge is 2.61. The second-order valence-corrected chi connectivity index (χ2v) is 10.7. The quantitative estimate of drug-likeness (QED) is 0.626. The summed E-state index contributed by atoms with van der Waals surface area (Å²) in [7, 11) is -7.02. The molecule has 30 heavy (non-hydrogen) atoms. The van der Waals surface area contributed by atoms with Crippen molar-refractivity contribution in [2.45, 2.75) is 45.2 Å². The zero-order chi connectivity index (χ0) is 22.2. The van der Waals surface area contributed by atoms with Crippen LogP contribution in [0, 0.1) is 0 Å². The zero-order valence-electron chi connectivity index (χ0n) is 17.5. The van der Waals surface area contributed by atoms with Gasteiger partial charge in [-0.3, -0.25) is 4.57 Å². The molecule has 2 aromatic rings. The molecule has 1 N–H and O–H groups in total. The van der Waals surface area contributed by atoms with Gasteiger partial charge in [-0.05, 0) is 51.5 Å². The Morgan fingerprint density at radius 2 is 1.53 bits per heavy atom. The smallest absolute Gasteiger partial charge is 0.384 e. The Morgan fingerprint density at radius 3 is 2.07 bits per heavy atom. The molecule has 1 atom stereocenters. The van der Waals surface area contributed by atoms with Gasteiger partial charge in [0.15, 0.2) is 5.28 Å². The van der Waals surface area contributed by atoms with Gasteiger partial charge in [0.25, 0.3) is 0 Å². The summed E-state index contributed by atoms with van der Waals surface area (Å²) < 4.78 is 64.5. The van der Waals surface area contributed by atoms with Crippen LogP contribution in [0.2, 0.25) is 0 Å². The van der Waals surface area contributed by atoms with Crippen molar-refractivity contribution in [2.75, 3.05) is 7.11 Å². The Bertz CT molecular complexity index is 1040. The lowest BCUT2D eigenvalue weighted by Crippen LogP contribution is -2.52. The van der Waals surface area contributed by atoms with Crippen molar-refractivity contribution >= 4 is 17.9 Å². The van der Waals surface area contributed by atoms with E-state index in [0.29, 0.717) is 16.9 Å². The Morgan fingerprint density at radius 1 is 0.967 bits per heavy atom. The summed E-state index contributed by atoms with van der Waals surface area (Å²) in [5.74, 6) is 0.605. The van der Waals surface area contributed by atoms with Crippen LogP contribution in [0.15, 0.2) is 48.5 Å². The van der Waals surface area contributed by atoms with Crippen LogP contribution in [0.25, 0.3) is 0 Å². The molecule has 8 nitrogen and oxygen atoms in total. The summed E-state index contributed by atoms with van der Waals surface area (Å²) in [5, 5.41) is -1.86. The van der Waals surface area contributed by atoms with E-state index in [1.54, 1.807) is 70.2 Å². The maximum Gasteiger partial charge on any atom is 0.384 e. The molecule has 0 amide bonds. The molecule has 0 saturated heterocycles. The number of para-hydroxylation sites is 1. The molecule has 0 unspecified atom stereocenters. The summed E-state index contributed by atoms with van der Waals surface area (Å²) in [6, 6.07) is 13.0. The summed E-state index contributed by atoms with van der Waals surface area (Å²) in [6.07, 6.45) is -1.02. The van der Waals surface area contributed by atoms with Crippen molar-refractivity contribution in [1.29, 1.82) is 0 Å². The second-order valence-electron chi connectivity index (χ2n) is 7.38. The largest absolute Gasteiger partial charge is 0.497 e. The first-order valence-corrected chi connectivity index (χ1v) is 12.4. The average molecular weight is 455 g/mol. The number of methoxy groups -OCH3 is 1. The summed E-state index contributed by atoms with van der Waals surface area (Å²) in [5.41, 5.74) is 0.696. The fourth-order valence-electron chi connectivity index (χ4n) is 3.36. The van der Waals surface area contributed by atoms with Crippen molar-refractivity contribution in [3.8, 4) is 11.5 Å². The van der Waals surface area contributed by atoms with E-state index >= 15 is 0 Å². The first kappa shape index (κ1) is 22.8. The summed E-state index contributed by atoms with van der Waals surface area (Å²) in [4.78, 5) is 0. The molecular formula is C20H26NO7PS. The van der Waals surface area contributed by atoms with Gasteiger partial charge >= 0.3 is 17.9 Å². The van der Waals surface area contributed by atoms with E-state index in [2.05, 4.69) is 4.72 Å². The lowest BCUT2D eigenvalue weighted by atomic mass is 9.97. The van der Waals surface area contributed by atoms with Crippen LogP contribution in [0.4, 0.5) is 0 Å². The molecule has 1 heterocycles. The number of fused-ring (bicyclic) bond motifs is 1. The molecule has 0 spiro atoms. The highest BCUT2D eigenvalue weighted by Crippen LogP contribution is 2.69. The number of benzene rings is 2. The highest BCUT2D eigenvalue weighted by atomic mass is 32.2. The third kappa shape index (κ3) is 4.13. The fraction of sp³-hybridized carbons (Fsp3) is 0.400. The molecule has 0 saturated carbocycles. The van der Waals surface area contributed by atoms with Gasteiger partial charge in [-0.25, -0.2) is 0 Å². The second kappa shape index (κ2) is 8.32. The Hall–Kier alpha value is -1.90. The maximum absolute atomic E-state index is 14.5. The minimum atomic E-state index is -4.34. The van der Waals surface area contributed by atoms with Gasteiger partial charge in [-0.1, -0.05) is 30.3 Å². The molecule has 10 heteroatoms. The monoisotopic (exact) mass is 455 g/mol. The Balaban J connectivity index is 2.41. The number of rotatable bonds is 7. The van der Waals surface area contributed by atoms with Gasteiger partial charge in [0.2, 0.25) is 0 Å². The van der Waals surface area contributed by atoms with Gasteiger partial charge in [-0.2, -0.15) is 13.1 Å².